The zero-order chi connectivity index (χ0) is 9.54. The van der Waals surface area contributed by atoms with Gasteiger partial charge in [-0.25, -0.2) is 0 Å². The van der Waals surface area contributed by atoms with Gasteiger partial charge in [0.1, 0.15) is 6.17 Å². The zero-order valence-electron chi connectivity index (χ0n) is 7.66. The molecular weight excluding hydrogens is 178 g/mol. The number of nitrogens with zero attached hydrogens (tertiary/aromatic N) is 1. The second-order valence-electron chi connectivity index (χ2n) is 3.85. The van der Waals surface area contributed by atoms with Crippen molar-refractivity contribution in [2.75, 3.05) is 5.32 Å². The summed E-state index contributed by atoms with van der Waals surface area (Å²) in [5.74, 6) is 0.616. The number of anilines is 1. The number of nitrogens with one attached hydrogen (secondary N) is 2. The van der Waals surface area contributed by atoms with Crippen LogP contribution in [-0.4, -0.2) is 17.1 Å². The van der Waals surface area contributed by atoms with Crippen LogP contribution in [0.4, 0.5) is 5.69 Å². The van der Waals surface area contributed by atoms with Crippen molar-refractivity contribution in [1.29, 1.82) is 0 Å². The molecule has 14 heavy (non-hydrogen) atoms. The fraction of sp³-hybridized carbons (Fsp3) is 0.400. The van der Waals surface area contributed by atoms with Crippen LogP contribution in [-0.2, 0) is 0 Å². The summed E-state index contributed by atoms with van der Waals surface area (Å²) in [6.45, 7) is 0. The highest BCUT2D eigenvalue weighted by Gasteiger charge is 2.35. The van der Waals surface area contributed by atoms with Crippen LogP contribution in [0.2, 0.25) is 0 Å². The Kier molecular flexibility index (Phi) is 1.50. The van der Waals surface area contributed by atoms with Crippen LogP contribution in [0.5, 0.6) is 0 Å². The molecule has 0 radical (unpaired) electrons. The van der Waals surface area contributed by atoms with E-state index < -0.39 is 0 Å². The Labute approximate surface area is 81.7 Å². The largest absolute Gasteiger partial charge is 0.363 e. The zero-order valence-corrected chi connectivity index (χ0v) is 7.66. The molecule has 1 fully saturated rings. The second kappa shape index (κ2) is 2.70. The lowest BCUT2D eigenvalue weighted by Crippen LogP contribution is -2.46. The first-order chi connectivity index (χ1) is 6.84. The van der Waals surface area contributed by atoms with E-state index in [-0.39, 0.29) is 12.1 Å². The summed E-state index contributed by atoms with van der Waals surface area (Å²) >= 11 is 0. The van der Waals surface area contributed by atoms with Crippen molar-refractivity contribution in [3.63, 3.8) is 0 Å². The lowest BCUT2D eigenvalue weighted by Gasteiger charge is -2.27. The van der Waals surface area contributed by atoms with E-state index in [9.17, 15) is 4.79 Å². The van der Waals surface area contributed by atoms with Gasteiger partial charge in [-0.1, -0.05) is 0 Å². The number of pyridine rings is 1. The van der Waals surface area contributed by atoms with E-state index in [1.54, 1.807) is 18.5 Å². The Balaban J connectivity index is 1.95. The van der Waals surface area contributed by atoms with E-state index in [1.807, 2.05) is 0 Å². The summed E-state index contributed by atoms with van der Waals surface area (Å²) in [6, 6.07) is 1.74. The number of fused-ring (bicyclic) bond motifs is 1. The summed E-state index contributed by atoms with van der Waals surface area (Å²) in [5, 5.41) is 6.25. The van der Waals surface area contributed by atoms with Crippen molar-refractivity contribution in [2.45, 2.75) is 19.0 Å². The third-order valence-corrected chi connectivity index (χ3v) is 2.76. The molecule has 2 aliphatic rings. The third-order valence-electron chi connectivity index (χ3n) is 2.76. The molecule has 1 amide bonds. The molecule has 1 unspecified atom stereocenters. The molecule has 1 aromatic rings. The molecule has 3 rings (SSSR count). The van der Waals surface area contributed by atoms with Gasteiger partial charge in [0.25, 0.3) is 5.91 Å². The number of amides is 1. The van der Waals surface area contributed by atoms with Crippen LogP contribution < -0.4 is 10.6 Å². The molecule has 0 saturated heterocycles. The highest BCUT2D eigenvalue weighted by atomic mass is 16.2. The maximum atomic E-state index is 11.6. The van der Waals surface area contributed by atoms with Gasteiger partial charge < -0.3 is 10.6 Å². The molecule has 1 aliphatic heterocycles. The molecule has 1 atom stereocenters. The summed E-state index contributed by atoms with van der Waals surface area (Å²) in [7, 11) is 0. The van der Waals surface area contributed by atoms with Crippen molar-refractivity contribution >= 4 is 11.6 Å². The molecule has 4 heteroatoms. The molecule has 1 saturated carbocycles. The SMILES string of the molecule is O=C1NC(C2CC2)Nc2cnccc21. The van der Waals surface area contributed by atoms with Crippen LogP contribution in [0.3, 0.4) is 0 Å². The Hall–Kier alpha value is -1.58. The highest BCUT2D eigenvalue weighted by molar-refractivity contribution is 6.01. The van der Waals surface area contributed by atoms with Gasteiger partial charge in [0.2, 0.25) is 0 Å². The summed E-state index contributed by atoms with van der Waals surface area (Å²) in [4.78, 5) is 15.7. The van der Waals surface area contributed by atoms with Gasteiger partial charge in [-0.15, -0.1) is 0 Å². The van der Waals surface area contributed by atoms with Gasteiger partial charge in [-0.05, 0) is 24.8 Å². The number of aromatic nitrogens is 1. The molecule has 0 aromatic carbocycles. The monoisotopic (exact) mass is 189 g/mol. The molecule has 1 aromatic heterocycles. The topological polar surface area (TPSA) is 54.0 Å². The maximum Gasteiger partial charge on any atom is 0.255 e. The van der Waals surface area contributed by atoms with Crippen molar-refractivity contribution in [2.24, 2.45) is 5.92 Å². The summed E-state index contributed by atoms with van der Waals surface area (Å²) in [6.07, 6.45) is 5.86. The number of carbonyl (C=O) groups excluding carboxylic acids is 1. The minimum absolute atomic E-state index is 0.0121. The van der Waals surface area contributed by atoms with Crippen LogP contribution in [0.1, 0.15) is 23.2 Å². The standard InChI is InChI=1S/C10H11N3O/c14-10-7-3-4-11-5-8(7)12-9(13-10)6-1-2-6/h3-6,9,12H,1-2H2,(H,13,14). The summed E-state index contributed by atoms with van der Waals surface area (Å²) in [5.41, 5.74) is 1.55. The van der Waals surface area contributed by atoms with E-state index in [2.05, 4.69) is 15.6 Å². The average molecular weight is 189 g/mol. The Morgan fingerprint density at radius 2 is 2.21 bits per heavy atom. The molecule has 0 bridgehead atoms. The van der Waals surface area contributed by atoms with Crippen molar-refractivity contribution < 1.29 is 4.79 Å². The lowest BCUT2D eigenvalue weighted by atomic mass is 10.1. The van der Waals surface area contributed by atoms with E-state index in [4.69, 9.17) is 0 Å². The van der Waals surface area contributed by atoms with Gasteiger partial charge in [0.15, 0.2) is 0 Å². The van der Waals surface area contributed by atoms with Gasteiger partial charge in [-0.2, -0.15) is 0 Å². The Morgan fingerprint density at radius 3 is 3.00 bits per heavy atom. The van der Waals surface area contributed by atoms with E-state index >= 15 is 0 Å². The molecule has 2 heterocycles. The quantitative estimate of drug-likeness (QED) is 0.692. The van der Waals surface area contributed by atoms with Gasteiger partial charge in [0.05, 0.1) is 17.4 Å². The van der Waals surface area contributed by atoms with Crippen molar-refractivity contribution in [3.8, 4) is 0 Å². The van der Waals surface area contributed by atoms with Crippen molar-refractivity contribution in [1.82, 2.24) is 10.3 Å². The smallest absolute Gasteiger partial charge is 0.255 e. The minimum atomic E-state index is 0.0121. The first-order valence-electron chi connectivity index (χ1n) is 4.86. The predicted octanol–water partition coefficient (Wildman–Crippen LogP) is 0.973. The minimum Gasteiger partial charge on any atom is -0.363 e. The number of rotatable bonds is 1. The van der Waals surface area contributed by atoms with Crippen LogP contribution in [0, 0.1) is 5.92 Å². The molecule has 2 N–H and O–H groups in total. The first-order valence-corrected chi connectivity index (χ1v) is 4.86. The van der Waals surface area contributed by atoms with E-state index in [0.717, 1.165) is 5.69 Å². The number of carbonyl (C=O) groups is 1. The Morgan fingerprint density at radius 1 is 1.36 bits per heavy atom. The van der Waals surface area contributed by atoms with Crippen LogP contribution >= 0.6 is 0 Å². The number of hydrogen-bond donors (Lipinski definition) is 2. The normalized spacial score (nSPS) is 24.9. The molecule has 0 spiro atoms. The fourth-order valence-corrected chi connectivity index (χ4v) is 1.80. The summed E-state index contributed by atoms with van der Waals surface area (Å²) < 4.78 is 0. The lowest BCUT2D eigenvalue weighted by molar-refractivity contribution is 0.0931. The van der Waals surface area contributed by atoms with E-state index in [0.29, 0.717) is 11.5 Å². The van der Waals surface area contributed by atoms with Crippen LogP contribution in [0.25, 0.3) is 0 Å². The van der Waals surface area contributed by atoms with Gasteiger partial charge in [0, 0.05) is 6.20 Å². The Bertz CT molecular complexity index is 387. The van der Waals surface area contributed by atoms with Gasteiger partial charge >= 0.3 is 0 Å². The predicted molar refractivity (Wildman–Crippen MR) is 51.8 cm³/mol. The van der Waals surface area contributed by atoms with Crippen molar-refractivity contribution in [3.05, 3.63) is 24.0 Å². The molecule has 1 aliphatic carbocycles. The number of hydrogen-bond acceptors (Lipinski definition) is 3. The molecule has 72 valence electrons. The third kappa shape index (κ3) is 1.14. The first kappa shape index (κ1) is 7.79. The van der Waals surface area contributed by atoms with Crippen LogP contribution in [0.15, 0.2) is 18.5 Å². The molecule has 4 nitrogen and oxygen atoms in total. The fourth-order valence-electron chi connectivity index (χ4n) is 1.80. The second-order valence-corrected chi connectivity index (χ2v) is 3.85. The average Bonchev–Trinajstić information content (AvgIpc) is 3.01. The van der Waals surface area contributed by atoms with E-state index in [1.165, 1.54) is 12.8 Å². The highest BCUT2D eigenvalue weighted by Crippen LogP contribution is 2.35. The maximum absolute atomic E-state index is 11.6. The van der Waals surface area contributed by atoms with Gasteiger partial charge in [-0.3, -0.25) is 9.78 Å². The molecular formula is C10H11N3O.